The number of hydrogen-bond acceptors (Lipinski definition) is 6. The molecule has 8 nitrogen and oxygen atoms in total. The molecule has 0 saturated carbocycles. The van der Waals surface area contributed by atoms with Gasteiger partial charge in [0.25, 0.3) is 11.6 Å². The number of ether oxygens (including phenoxy) is 2. The number of rotatable bonds is 7. The summed E-state index contributed by atoms with van der Waals surface area (Å²) in [6, 6.07) is 8.07. The van der Waals surface area contributed by atoms with Gasteiger partial charge in [0, 0.05) is 25.2 Å². The Labute approximate surface area is 153 Å². The van der Waals surface area contributed by atoms with Crippen molar-refractivity contribution in [1.82, 2.24) is 4.90 Å². The van der Waals surface area contributed by atoms with E-state index < -0.39 is 17.4 Å². The number of methoxy groups -OCH3 is 1. The zero-order valence-corrected chi connectivity index (χ0v) is 14.5. The summed E-state index contributed by atoms with van der Waals surface area (Å²) in [5.74, 6) is -0.499. The Balaban J connectivity index is 2.19. The maximum Gasteiger partial charge on any atom is 0.387 e. The molecule has 0 bridgehead atoms. The molecule has 2 aromatic carbocycles. The van der Waals surface area contributed by atoms with Crippen LogP contribution < -0.4 is 15.2 Å². The highest BCUT2D eigenvalue weighted by atomic mass is 19.3. The van der Waals surface area contributed by atoms with E-state index in [9.17, 15) is 23.7 Å². The van der Waals surface area contributed by atoms with Crippen LogP contribution in [-0.4, -0.2) is 36.5 Å². The lowest BCUT2D eigenvalue weighted by Crippen LogP contribution is -2.26. The van der Waals surface area contributed by atoms with Gasteiger partial charge >= 0.3 is 6.61 Å². The van der Waals surface area contributed by atoms with Gasteiger partial charge in [-0.1, -0.05) is 6.07 Å². The number of nitro groups is 1. The monoisotopic (exact) mass is 381 g/mol. The van der Waals surface area contributed by atoms with Crippen LogP contribution in [0.5, 0.6) is 11.5 Å². The number of benzene rings is 2. The molecule has 0 aromatic heterocycles. The zero-order chi connectivity index (χ0) is 20.1. The summed E-state index contributed by atoms with van der Waals surface area (Å²) in [6.07, 6.45) is 0. The third kappa shape index (κ3) is 4.81. The first kappa shape index (κ1) is 19.9. The molecule has 10 heteroatoms. The van der Waals surface area contributed by atoms with Gasteiger partial charge in [-0.25, -0.2) is 0 Å². The Morgan fingerprint density at radius 1 is 1.26 bits per heavy atom. The van der Waals surface area contributed by atoms with Crippen LogP contribution in [0.3, 0.4) is 0 Å². The average Bonchev–Trinajstić information content (AvgIpc) is 2.62. The molecule has 0 fully saturated rings. The van der Waals surface area contributed by atoms with Gasteiger partial charge in [0.15, 0.2) is 11.5 Å². The summed E-state index contributed by atoms with van der Waals surface area (Å²) in [5, 5.41) is 11.0. The maximum absolute atomic E-state index is 12.5. The topological polar surface area (TPSA) is 108 Å². The van der Waals surface area contributed by atoms with Crippen LogP contribution in [0, 0.1) is 10.1 Å². The van der Waals surface area contributed by atoms with Crippen LogP contribution in [0.1, 0.15) is 15.9 Å². The van der Waals surface area contributed by atoms with E-state index in [1.54, 1.807) is 0 Å². The Morgan fingerprint density at radius 2 is 1.96 bits per heavy atom. The van der Waals surface area contributed by atoms with E-state index >= 15 is 0 Å². The summed E-state index contributed by atoms with van der Waals surface area (Å²) >= 11 is 0. The largest absolute Gasteiger partial charge is 0.493 e. The maximum atomic E-state index is 12.5. The van der Waals surface area contributed by atoms with E-state index in [1.807, 2.05) is 0 Å². The molecule has 2 N–H and O–H groups in total. The highest BCUT2D eigenvalue weighted by molar-refractivity contribution is 5.95. The van der Waals surface area contributed by atoms with Crippen molar-refractivity contribution in [1.29, 1.82) is 0 Å². The SMILES string of the molecule is COc1cc(CN(C)C(=O)c2ccc(N)c([N+](=O)[O-])c2)ccc1OC(F)F. The minimum atomic E-state index is -2.99. The molecule has 0 aliphatic rings. The second kappa shape index (κ2) is 8.30. The van der Waals surface area contributed by atoms with Crippen LogP contribution in [0.2, 0.25) is 0 Å². The fourth-order valence-corrected chi connectivity index (χ4v) is 2.40. The fraction of sp³-hybridized carbons (Fsp3) is 0.235. The molecule has 27 heavy (non-hydrogen) atoms. The summed E-state index contributed by atoms with van der Waals surface area (Å²) in [6.45, 7) is -2.88. The van der Waals surface area contributed by atoms with E-state index in [0.29, 0.717) is 5.56 Å². The summed E-state index contributed by atoms with van der Waals surface area (Å²) in [7, 11) is 2.81. The van der Waals surface area contributed by atoms with E-state index in [2.05, 4.69) is 4.74 Å². The minimum absolute atomic E-state index is 0.0430. The fourth-order valence-electron chi connectivity index (χ4n) is 2.40. The molecule has 0 aliphatic carbocycles. The van der Waals surface area contributed by atoms with Gasteiger partial charge in [-0.15, -0.1) is 0 Å². The Hall–Kier alpha value is -3.43. The van der Waals surface area contributed by atoms with Crippen molar-refractivity contribution >= 4 is 17.3 Å². The standard InChI is InChI=1S/C17H17F2N3O5/c1-21(16(23)11-4-5-12(20)13(8-11)22(24)25)9-10-3-6-14(27-17(18)19)15(7-10)26-2/h3-8,17H,9,20H2,1-2H3. The van der Waals surface area contributed by atoms with Crippen molar-refractivity contribution < 1.29 is 28.0 Å². The number of amides is 1. The van der Waals surface area contributed by atoms with Crippen molar-refractivity contribution in [2.24, 2.45) is 0 Å². The van der Waals surface area contributed by atoms with Crippen molar-refractivity contribution in [2.75, 3.05) is 19.9 Å². The van der Waals surface area contributed by atoms with Crippen LogP contribution in [0.25, 0.3) is 0 Å². The highest BCUT2D eigenvalue weighted by Gasteiger charge is 2.19. The molecule has 0 saturated heterocycles. The summed E-state index contributed by atoms with van der Waals surface area (Å²) in [5.41, 5.74) is 5.82. The van der Waals surface area contributed by atoms with Crippen LogP contribution >= 0.6 is 0 Å². The minimum Gasteiger partial charge on any atom is -0.493 e. The number of anilines is 1. The van der Waals surface area contributed by atoms with E-state index in [4.69, 9.17) is 10.5 Å². The third-order valence-electron chi connectivity index (χ3n) is 3.68. The predicted octanol–water partition coefficient (Wildman–Crippen LogP) is 3.06. The highest BCUT2D eigenvalue weighted by Crippen LogP contribution is 2.30. The lowest BCUT2D eigenvalue weighted by atomic mass is 10.1. The van der Waals surface area contributed by atoms with Crippen LogP contribution in [-0.2, 0) is 6.54 Å². The van der Waals surface area contributed by atoms with Crippen molar-refractivity contribution in [3.63, 3.8) is 0 Å². The van der Waals surface area contributed by atoms with Crippen molar-refractivity contribution in [3.05, 3.63) is 57.6 Å². The second-order valence-corrected chi connectivity index (χ2v) is 5.56. The lowest BCUT2D eigenvalue weighted by Gasteiger charge is -2.18. The number of halogens is 2. The van der Waals surface area contributed by atoms with E-state index in [0.717, 1.165) is 6.07 Å². The van der Waals surface area contributed by atoms with Gasteiger partial charge in [0.1, 0.15) is 5.69 Å². The molecule has 0 aliphatic heterocycles. The number of nitrogen functional groups attached to an aromatic ring is 1. The first-order valence-electron chi connectivity index (χ1n) is 7.64. The Morgan fingerprint density at radius 3 is 2.56 bits per heavy atom. The Kier molecular flexibility index (Phi) is 6.11. The Bertz CT molecular complexity index is 860. The molecule has 0 spiro atoms. The number of nitro benzene ring substituents is 1. The van der Waals surface area contributed by atoms with Crippen molar-refractivity contribution in [3.8, 4) is 11.5 Å². The van der Waals surface area contributed by atoms with Gasteiger partial charge in [0.2, 0.25) is 0 Å². The number of alkyl halides is 2. The number of nitrogens with two attached hydrogens (primary N) is 1. The molecular formula is C17H17F2N3O5. The smallest absolute Gasteiger partial charge is 0.387 e. The first-order valence-corrected chi connectivity index (χ1v) is 7.64. The van der Waals surface area contributed by atoms with E-state index in [1.165, 1.54) is 49.4 Å². The molecule has 2 rings (SSSR count). The number of carbonyl (C=O) groups is 1. The van der Waals surface area contributed by atoms with Crippen LogP contribution in [0.15, 0.2) is 36.4 Å². The number of hydrogen-bond donors (Lipinski definition) is 1. The lowest BCUT2D eigenvalue weighted by molar-refractivity contribution is -0.383. The molecule has 0 unspecified atom stereocenters. The molecule has 2 aromatic rings. The first-order chi connectivity index (χ1) is 12.7. The average molecular weight is 381 g/mol. The van der Waals surface area contributed by atoms with Crippen molar-refractivity contribution in [2.45, 2.75) is 13.2 Å². The van der Waals surface area contributed by atoms with Gasteiger partial charge in [-0.3, -0.25) is 14.9 Å². The molecule has 0 heterocycles. The molecule has 0 radical (unpaired) electrons. The van der Waals surface area contributed by atoms with Gasteiger partial charge in [-0.2, -0.15) is 8.78 Å². The zero-order valence-electron chi connectivity index (χ0n) is 14.5. The predicted molar refractivity (Wildman–Crippen MR) is 92.9 cm³/mol. The molecule has 1 amide bonds. The summed E-state index contributed by atoms with van der Waals surface area (Å²) < 4.78 is 34.1. The number of nitrogens with zero attached hydrogens (tertiary/aromatic N) is 2. The summed E-state index contributed by atoms with van der Waals surface area (Å²) in [4.78, 5) is 24.1. The van der Waals surface area contributed by atoms with E-state index in [-0.39, 0.29) is 35.0 Å². The molecule has 0 atom stereocenters. The van der Waals surface area contributed by atoms with Gasteiger partial charge in [-0.05, 0) is 29.8 Å². The van der Waals surface area contributed by atoms with Gasteiger partial charge < -0.3 is 20.1 Å². The number of carbonyl (C=O) groups excluding carboxylic acids is 1. The van der Waals surface area contributed by atoms with Gasteiger partial charge in [0.05, 0.1) is 12.0 Å². The normalized spacial score (nSPS) is 10.6. The third-order valence-corrected chi connectivity index (χ3v) is 3.68. The molecule has 144 valence electrons. The second-order valence-electron chi connectivity index (χ2n) is 5.56. The van der Waals surface area contributed by atoms with Crippen LogP contribution in [0.4, 0.5) is 20.2 Å². The quantitative estimate of drug-likeness (QED) is 0.449. The molecular weight excluding hydrogens is 364 g/mol.